The summed E-state index contributed by atoms with van der Waals surface area (Å²) in [5.41, 5.74) is 3.93. The van der Waals surface area contributed by atoms with Gasteiger partial charge in [-0.25, -0.2) is 5.43 Å². The minimum atomic E-state index is -0.446. The Bertz CT molecular complexity index is 1060. The van der Waals surface area contributed by atoms with E-state index in [0.717, 1.165) is 5.39 Å². The van der Waals surface area contributed by atoms with Gasteiger partial charge in [-0.1, -0.05) is 24.3 Å². The van der Waals surface area contributed by atoms with Crippen LogP contribution in [-0.2, 0) is 4.79 Å². The van der Waals surface area contributed by atoms with Gasteiger partial charge < -0.3 is 13.9 Å². The predicted octanol–water partition coefficient (Wildman–Crippen LogP) is 3.62. The Labute approximate surface area is 162 Å². The van der Waals surface area contributed by atoms with Crippen LogP contribution >= 0.6 is 0 Å². The fourth-order valence-corrected chi connectivity index (χ4v) is 2.55. The quantitative estimate of drug-likeness (QED) is 0.501. The highest BCUT2D eigenvalue weighted by Crippen LogP contribution is 2.29. The minimum absolute atomic E-state index is 0.260. The molecule has 0 saturated carbocycles. The molecule has 7 heteroatoms. The molecule has 1 amide bonds. The van der Waals surface area contributed by atoms with Crippen LogP contribution in [0.1, 0.15) is 25.2 Å². The lowest BCUT2D eigenvalue weighted by Crippen LogP contribution is -2.25. The summed E-state index contributed by atoms with van der Waals surface area (Å²) >= 11 is 0. The first kappa shape index (κ1) is 19.0. The molecule has 142 valence electrons. The van der Waals surface area contributed by atoms with Crippen LogP contribution in [0.15, 0.2) is 58.0 Å². The number of nitriles is 1. The van der Waals surface area contributed by atoms with Crippen molar-refractivity contribution in [1.82, 2.24) is 5.43 Å². The van der Waals surface area contributed by atoms with Gasteiger partial charge in [0.25, 0.3) is 5.91 Å². The molecule has 0 atom stereocenters. The highest BCUT2D eigenvalue weighted by atomic mass is 16.5. The summed E-state index contributed by atoms with van der Waals surface area (Å²) in [6.45, 7) is 3.91. The molecule has 0 aliphatic carbocycles. The molecule has 7 nitrogen and oxygen atoms in total. The van der Waals surface area contributed by atoms with E-state index in [4.69, 9.17) is 19.2 Å². The standard InChI is InChI=1S/C21H19N3O4/c1-3-26-18-10-6-8-15-11-19(28-21(15)18)14(2)23-24-20(25)13-27-17-9-5-4-7-16(17)12-22/h4-11H,3,13H2,1-2H3,(H,24,25)/b23-14-. The maximum absolute atomic E-state index is 12.0. The van der Waals surface area contributed by atoms with E-state index in [9.17, 15) is 4.79 Å². The summed E-state index contributed by atoms with van der Waals surface area (Å²) in [5.74, 6) is 1.09. The van der Waals surface area contributed by atoms with Gasteiger partial charge in [0.15, 0.2) is 23.7 Å². The summed E-state index contributed by atoms with van der Waals surface area (Å²) in [4.78, 5) is 12.0. The molecule has 0 bridgehead atoms. The fraction of sp³-hybridized carbons (Fsp3) is 0.190. The van der Waals surface area contributed by atoms with Crippen LogP contribution in [0.5, 0.6) is 11.5 Å². The van der Waals surface area contributed by atoms with Crippen LogP contribution in [0.2, 0.25) is 0 Å². The second-order valence-corrected chi connectivity index (χ2v) is 5.85. The SMILES string of the molecule is CCOc1cccc2cc(/C(C)=N\NC(=O)COc3ccccc3C#N)oc12. The number of hydrogen-bond donors (Lipinski definition) is 1. The third-order valence-electron chi connectivity index (χ3n) is 3.88. The van der Waals surface area contributed by atoms with E-state index in [1.165, 1.54) is 0 Å². The van der Waals surface area contributed by atoms with Crippen molar-refractivity contribution >= 4 is 22.6 Å². The molecule has 1 N–H and O–H groups in total. The van der Waals surface area contributed by atoms with Gasteiger partial charge in [0.2, 0.25) is 0 Å². The average molecular weight is 377 g/mol. The second-order valence-electron chi connectivity index (χ2n) is 5.85. The summed E-state index contributed by atoms with van der Waals surface area (Å²) in [7, 11) is 0. The molecular weight excluding hydrogens is 358 g/mol. The number of nitrogens with one attached hydrogen (secondary N) is 1. The van der Waals surface area contributed by atoms with Crippen LogP contribution in [0.4, 0.5) is 0 Å². The zero-order chi connectivity index (χ0) is 19.9. The molecule has 3 rings (SSSR count). The molecule has 3 aromatic rings. The van der Waals surface area contributed by atoms with E-state index < -0.39 is 5.91 Å². The van der Waals surface area contributed by atoms with Crippen LogP contribution in [-0.4, -0.2) is 24.8 Å². The predicted molar refractivity (Wildman–Crippen MR) is 104 cm³/mol. The van der Waals surface area contributed by atoms with Crippen LogP contribution < -0.4 is 14.9 Å². The molecule has 28 heavy (non-hydrogen) atoms. The summed E-state index contributed by atoms with van der Waals surface area (Å²) < 4.78 is 16.8. The first-order valence-corrected chi connectivity index (χ1v) is 8.73. The molecule has 1 heterocycles. The largest absolute Gasteiger partial charge is 0.490 e. The lowest BCUT2D eigenvalue weighted by atomic mass is 10.2. The van der Waals surface area contributed by atoms with Gasteiger partial charge in [-0.2, -0.15) is 10.4 Å². The van der Waals surface area contributed by atoms with Crippen molar-refractivity contribution < 1.29 is 18.7 Å². The first-order valence-electron chi connectivity index (χ1n) is 8.73. The molecule has 0 saturated heterocycles. The van der Waals surface area contributed by atoms with Crippen molar-refractivity contribution in [2.24, 2.45) is 5.10 Å². The van der Waals surface area contributed by atoms with Gasteiger partial charge >= 0.3 is 0 Å². The number of amides is 1. The van der Waals surface area contributed by atoms with Crippen molar-refractivity contribution in [3.05, 3.63) is 59.9 Å². The van der Waals surface area contributed by atoms with E-state index >= 15 is 0 Å². The number of furan rings is 1. The second kappa shape index (κ2) is 8.73. The number of para-hydroxylation sites is 2. The third-order valence-corrected chi connectivity index (χ3v) is 3.88. The maximum atomic E-state index is 12.0. The Morgan fingerprint density at radius 3 is 2.75 bits per heavy atom. The zero-order valence-electron chi connectivity index (χ0n) is 15.6. The number of hydrazone groups is 1. The van der Waals surface area contributed by atoms with Crippen LogP contribution in [0.3, 0.4) is 0 Å². The van der Waals surface area contributed by atoms with Gasteiger partial charge in [0, 0.05) is 5.39 Å². The molecule has 0 fully saturated rings. The van der Waals surface area contributed by atoms with Gasteiger partial charge in [0.05, 0.1) is 12.2 Å². The number of hydrogen-bond acceptors (Lipinski definition) is 6. The first-order chi connectivity index (χ1) is 13.6. The normalized spacial score (nSPS) is 11.1. The smallest absolute Gasteiger partial charge is 0.277 e. The summed E-state index contributed by atoms with van der Waals surface area (Å²) in [6, 6.07) is 16.2. The van der Waals surface area contributed by atoms with E-state index in [0.29, 0.717) is 40.7 Å². The molecule has 1 aromatic heterocycles. The zero-order valence-corrected chi connectivity index (χ0v) is 15.6. The Morgan fingerprint density at radius 2 is 1.96 bits per heavy atom. The molecule has 0 aliphatic heterocycles. The Balaban J connectivity index is 1.65. The van der Waals surface area contributed by atoms with E-state index in [2.05, 4.69) is 10.5 Å². The molecule has 0 radical (unpaired) electrons. The number of ether oxygens (including phenoxy) is 2. The van der Waals surface area contributed by atoms with Gasteiger partial charge in [-0.3, -0.25) is 4.79 Å². The van der Waals surface area contributed by atoms with Crippen molar-refractivity contribution in [3.63, 3.8) is 0 Å². The van der Waals surface area contributed by atoms with Crippen LogP contribution in [0, 0.1) is 11.3 Å². The Kier molecular flexibility index (Phi) is 5.92. The van der Waals surface area contributed by atoms with Crippen molar-refractivity contribution in [2.45, 2.75) is 13.8 Å². The summed E-state index contributed by atoms with van der Waals surface area (Å²) in [5, 5.41) is 14.0. The summed E-state index contributed by atoms with van der Waals surface area (Å²) in [6.07, 6.45) is 0. The number of carbonyl (C=O) groups is 1. The highest BCUT2D eigenvalue weighted by Gasteiger charge is 2.12. The minimum Gasteiger partial charge on any atom is -0.490 e. The number of fused-ring (bicyclic) bond motifs is 1. The van der Waals surface area contributed by atoms with E-state index in [-0.39, 0.29) is 6.61 Å². The van der Waals surface area contributed by atoms with Crippen LogP contribution in [0.25, 0.3) is 11.0 Å². The topological polar surface area (TPSA) is 96.9 Å². The Morgan fingerprint density at radius 1 is 1.18 bits per heavy atom. The average Bonchev–Trinajstić information content (AvgIpc) is 3.16. The molecule has 0 aliphatic rings. The van der Waals surface area contributed by atoms with Gasteiger partial charge in [0.1, 0.15) is 17.5 Å². The molecular formula is C21H19N3O4. The van der Waals surface area contributed by atoms with Crippen molar-refractivity contribution in [2.75, 3.05) is 13.2 Å². The van der Waals surface area contributed by atoms with Crippen molar-refractivity contribution in [3.8, 4) is 17.6 Å². The Hall–Kier alpha value is -3.79. The maximum Gasteiger partial charge on any atom is 0.277 e. The molecule has 0 unspecified atom stereocenters. The van der Waals surface area contributed by atoms with E-state index in [1.807, 2.05) is 37.3 Å². The van der Waals surface area contributed by atoms with Gasteiger partial charge in [-0.05, 0) is 38.1 Å². The monoisotopic (exact) mass is 377 g/mol. The fourth-order valence-electron chi connectivity index (χ4n) is 2.55. The molecule has 2 aromatic carbocycles. The lowest BCUT2D eigenvalue weighted by molar-refractivity contribution is -0.123. The number of rotatable bonds is 7. The van der Waals surface area contributed by atoms with Crippen molar-refractivity contribution in [1.29, 1.82) is 5.26 Å². The number of nitrogens with zero attached hydrogens (tertiary/aromatic N) is 2. The highest BCUT2D eigenvalue weighted by molar-refractivity contribution is 6.01. The lowest BCUT2D eigenvalue weighted by Gasteiger charge is -2.06. The molecule has 0 spiro atoms. The third kappa shape index (κ3) is 4.30. The number of carbonyl (C=O) groups excluding carboxylic acids is 1. The van der Waals surface area contributed by atoms with E-state index in [1.54, 1.807) is 31.2 Å². The van der Waals surface area contributed by atoms with Gasteiger partial charge in [-0.15, -0.1) is 0 Å². The number of benzene rings is 2.